The fourth-order valence-corrected chi connectivity index (χ4v) is 3.31. The number of nitrogens with zero attached hydrogens (tertiary/aromatic N) is 4. The molecule has 0 spiro atoms. The smallest absolute Gasteiger partial charge is 0.250 e. The number of carbonyl (C=O) groups excluding carboxylic acids is 1. The number of hydrogen-bond acceptors (Lipinski definition) is 6. The molecule has 0 fully saturated rings. The summed E-state index contributed by atoms with van der Waals surface area (Å²) in [7, 11) is 0. The summed E-state index contributed by atoms with van der Waals surface area (Å²) in [6.45, 7) is 4.36. The van der Waals surface area contributed by atoms with E-state index in [-0.39, 0.29) is 11.7 Å². The Morgan fingerprint density at radius 1 is 1.18 bits per heavy atom. The van der Waals surface area contributed by atoms with Crippen LogP contribution in [0.1, 0.15) is 18.3 Å². The molecule has 0 bridgehead atoms. The van der Waals surface area contributed by atoms with Gasteiger partial charge in [0, 0.05) is 11.3 Å². The Kier molecular flexibility index (Phi) is 6.80. The summed E-state index contributed by atoms with van der Waals surface area (Å²) >= 11 is 1.31. The van der Waals surface area contributed by atoms with Crippen molar-refractivity contribution < 1.29 is 9.53 Å². The number of thioether (sulfide) groups is 1. The first-order chi connectivity index (χ1) is 13.7. The van der Waals surface area contributed by atoms with Crippen LogP contribution in [-0.2, 0) is 4.79 Å². The highest BCUT2D eigenvalue weighted by atomic mass is 32.2. The van der Waals surface area contributed by atoms with Crippen molar-refractivity contribution in [1.82, 2.24) is 20.2 Å². The first-order valence-electron chi connectivity index (χ1n) is 8.83. The van der Waals surface area contributed by atoms with E-state index in [1.165, 1.54) is 11.8 Å². The van der Waals surface area contributed by atoms with E-state index in [1.54, 1.807) is 6.21 Å². The molecule has 1 amide bonds. The molecule has 1 heterocycles. The number of benzene rings is 2. The highest BCUT2D eigenvalue weighted by molar-refractivity contribution is 7.99. The molecular weight excluding hydrogens is 374 g/mol. The van der Waals surface area contributed by atoms with Gasteiger partial charge in [0.1, 0.15) is 11.6 Å². The van der Waals surface area contributed by atoms with Crippen molar-refractivity contribution in [3.05, 3.63) is 66.0 Å². The molecule has 1 aromatic heterocycles. The number of aromatic nitrogens is 3. The molecule has 0 aliphatic heterocycles. The minimum absolute atomic E-state index is 0.176. The first-order valence-corrected chi connectivity index (χ1v) is 9.81. The molecule has 8 heteroatoms. The first kappa shape index (κ1) is 19.6. The second-order valence-electron chi connectivity index (χ2n) is 5.75. The van der Waals surface area contributed by atoms with Gasteiger partial charge in [-0.15, -0.1) is 10.2 Å². The van der Waals surface area contributed by atoms with Crippen LogP contribution in [0.25, 0.3) is 5.69 Å². The molecule has 0 saturated carbocycles. The van der Waals surface area contributed by atoms with Crippen molar-refractivity contribution in [2.45, 2.75) is 19.0 Å². The maximum atomic E-state index is 12.1. The van der Waals surface area contributed by atoms with Gasteiger partial charge in [-0.25, -0.2) is 5.43 Å². The van der Waals surface area contributed by atoms with Gasteiger partial charge in [0.25, 0.3) is 5.91 Å². The molecule has 3 aromatic rings. The lowest BCUT2D eigenvalue weighted by molar-refractivity contribution is -0.118. The number of ether oxygens (including phenoxy) is 1. The zero-order valence-electron chi connectivity index (χ0n) is 15.7. The van der Waals surface area contributed by atoms with Crippen LogP contribution in [0.3, 0.4) is 0 Å². The number of rotatable bonds is 8. The normalized spacial score (nSPS) is 10.9. The molecule has 7 nitrogen and oxygen atoms in total. The fraction of sp³-hybridized carbons (Fsp3) is 0.200. The molecule has 0 atom stereocenters. The summed E-state index contributed by atoms with van der Waals surface area (Å²) in [6, 6.07) is 17.3. The fourth-order valence-electron chi connectivity index (χ4n) is 2.52. The van der Waals surface area contributed by atoms with Gasteiger partial charge in [-0.05, 0) is 38.1 Å². The summed E-state index contributed by atoms with van der Waals surface area (Å²) in [6.07, 6.45) is 1.57. The molecule has 3 rings (SSSR count). The van der Waals surface area contributed by atoms with Crippen LogP contribution in [0.4, 0.5) is 0 Å². The van der Waals surface area contributed by atoms with E-state index in [2.05, 4.69) is 20.7 Å². The monoisotopic (exact) mass is 395 g/mol. The van der Waals surface area contributed by atoms with Crippen molar-refractivity contribution in [3.8, 4) is 11.4 Å². The third kappa shape index (κ3) is 4.98. The maximum absolute atomic E-state index is 12.1. The Bertz CT molecular complexity index is 956. The minimum atomic E-state index is -0.226. The van der Waals surface area contributed by atoms with Crippen molar-refractivity contribution in [3.63, 3.8) is 0 Å². The maximum Gasteiger partial charge on any atom is 0.250 e. The van der Waals surface area contributed by atoms with Crippen molar-refractivity contribution in [1.29, 1.82) is 0 Å². The third-order valence-corrected chi connectivity index (χ3v) is 4.68. The van der Waals surface area contributed by atoms with Gasteiger partial charge in [0.2, 0.25) is 0 Å². The van der Waals surface area contributed by atoms with Gasteiger partial charge in [0.05, 0.1) is 18.6 Å². The van der Waals surface area contributed by atoms with E-state index >= 15 is 0 Å². The van der Waals surface area contributed by atoms with Gasteiger partial charge in [0.15, 0.2) is 5.16 Å². The quantitative estimate of drug-likeness (QED) is 0.360. The predicted octanol–water partition coefficient (Wildman–Crippen LogP) is 3.22. The lowest BCUT2D eigenvalue weighted by Crippen LogP contribution is -2.20. The van der Waals surface area contributed by atoms with E-state index in [9.17, 15) is 4.79 Å². The molecule has 0 aliphatic rings. The van der Waals surface area contributed by atoms with E-state index < -0.39 is 0 Å². The molecule has 0 radical (unpaired) electrons. The number of nitrogens with one attached hydrogen (secondary N) is 1. The number of para-hydroxylation sites is 2. The van der Waals surface area contributed by atoms with Crippen LogP contribution < -0.4 is 10.2 Å². The van der Waals surface area contributed by atoms with Crippen LogP contribution >= 0.6 is 11.8 Å². The van der Waals surface area contributed by atoms with E-state index in [0.29, 0.717) is 11.8 Å². The van der Waals surface area contributed by atoms with Crippen LogP contribution in [0.2, 0.25) is 0 Å². The topological polar surface area (TPSA) is 81.4 Å². The van der Waals surface area contributed by atoms with Crippen LogP contribution in [0.15, 0.2) is 64.9 Å². The highest BCUT2D eigenvalue weighted by Crippen LogP contribution is 2.21. The molecular formula is C20H21N5O2S. The van der Waals surface area contributed by atoms with E-state index in [0.717, 1.165) is 22.8 Å². The summed E-state index contributed by atoms with van der Waals surface area (Å²) in [5.74, 6) is 1.44. The summed E-state index contributed by atoms with van der Waals surface area (Å²) in [4.78, 5) is 12.1. The second kappa shape index (κ2) is 9.70. The standard InChI is InChI=1S/C20H21N5O2S/c1-3-27-18-12-8-7-9-16(18)13-21-23-19(26)14-28-20-24-22-15(2)25(20)17-10-5-4-6-11-17/h4-13H,3,14H2,1-2H3,(H,23,26). The molecule has 0 saturated heterocycles. The molecule has 144 valence electrons. The third-order valence-electron chi connectivity index (χ3n) is 3.75. The number of hydrogen-bond donors (Lipinski definition) is 1. The van der Waals surface area contributed by atoms with Crippen LogP contribution in [-0.4, -0.2) is 39.2 Å². The lowest BCUT2D eigenvalue weighted by Gasteiger charge is -2.07. The van der Waals surface area contributed by atoms with Crippen LogP contribution in [0.5, 0.6) is 5.75 Å². The summed E-state index contributed by atoms with van der Waals surface area (Å²) < 4.78 is 7.45. The Morgan fingerprint density at radius 2 is 1.93 bits per heavy atom. The minimum Gasteiger partial charge on any atom is -0.493 e. The number of hydrazone groups is 1. The van der Waals surface area contributed by atoms with Crippen LogP contribution in [0, 0.1) is 6.92 Å². The second-order valence-corrected chi connectivity index (χ2v) is 6.70. The Hall–Kier alpha value is -3.13. The van der Waals surface area contributed by atoms with Gasteiger partial charge in [-0.2, -0.15) is 5.10 Å². The average Bonchev–Trinajstić information content (AvgIpc) is 3.09. The zero-order chi connectivity index (χ0) is 19.8. The number of carbonyl (C=O) groups is 1. The SMILES string of the molecule is CCOc1ccccc1C=NNC(=O)CSc1nnc(C)n1-c1ccccc1. The van der Waals surface area contributed by atoms with Gasteiger partial charge in [-0.3, -0.25) is 9.36 Å². The zero-order valence-corrected chi connectivity index (χ0v) is 16.5. The van der Waals surface area contributed by atoms with Gasteiger partial charge < -0.3 is 4.74 Å². The molecule has 28 heavy (non-hydrogen) atoms. The molecule has 1 N–H and O–H groups in total. The Balaban J connectivity index is 1.59. The largest absolute Gasteiger partial charge is 0.493 e. The highest BCUT2D eigenvalue weighted by Gasteiger charge is 2.13. The average molecular weight is 395 g/mol. The number of aryl methyl sites for hydroxylation is 1. The molecule has 2 aromatic carbocycles. The van der Waals surface area contributed by atoms with Crippen molar-refractivity contribution in [2.24, 2.45) is 5.10 Å². The Labute approximate surface area is 167 Å². The number of amides is 1. The van der Waals surface area contributed by atoms with E-state index in [1.807, 2.05) is 73.0 Å². The van der Waals surface area contributed by atoms with Gasteiger partial charge >= 0.3 is 0 Å². The lowest BCUT2D eigenvalue weighted by atomic mass is 10.2. The summed E-state index contributed by atoms with van der Waals surface area (Å²) in [5, 5.41) is 13.0. The predicted molar refractivity (Wildman–Crippen MR) is 110 cm³/mol. The van der Waals surface area contributed by atoms with Crippen molar-refractivity contribution >= 4 is 23.9 Å². The summed E-state index contributed by atoms with van der Waals surface area (Å²) in [5.41, 5.74) is 4.29. The molecule has 0 unspecified atom stereocenters. The Morgan fingerprint density at radius 3 is 2.71 bits per heavy atom. The molecule has 0 aliphatic carbocycles. The van der Waals surface area contributed by atoms with Crippen molar-refractivity contribution in [2.75, 3.05) is 12.4 Å². The van der Waals surface area contributed by atoms with E-state index in [4.69, 9.17) is 4.74 Å². The van der Waals surface area contributed by atoms with Gasteiger partial charge in [-0.1, -0.05) is 42.1 Å².